The lowest BCUT2D eigenvalue weighted by Crippen LogP contribution is -2.31. The molecule has 0 saturated carbocycles. The van der Waals surface area contributed by atoms with Crippen LogP contribution in [0.3, 0.4) is 0 Å². The molecule has 206 valence electrons. The van der Waals surface area contributed by atoms with Crippen molar-refractivity contribution in [1.82, 2.24) is 34.0 Å². The van der Waals surface area contributed by atoms with Gasteiger partial charge in [-0.05, 0) is 82.6 Å². The maximum atomic E-state index is 13.6. The first-order chi connectivity index (χ1) is 19.4. The van der Waals surface area contributed by atoms with Gasteiger partial charge in [-0.3, -0.25) is 14.0 Å². The third kappa shape index (κ3) is 4.19. The zero-order chi connectivity index (χ0) is 27.5. The van der Waals surface area contributed by atoms with Crippen molar-refractivity contribution in [3.05, 3.63) is 69.5 Å². The SMILES string of the molecule is Cc1cc(C(C)Nc2ccc(Cl)nc2-c2cnn(C3CCN(C)CC3)c2)c2c(c1)c(=O)n1c3c2cnn3CCC1. The van der Waals surface area contributed by atoms with E-state index >= 15 is 0 Å². The largest absolute Gasteiger partial charge is 0.377 e. The second kappa shape index (κ2) is 9.74. The zero-order valence-electron chi connectivity index (χ0n) is 23.1. The number of piperidine rings is 1. The van der Waals surface area contributed by atoms with Crippen molar-refractivity contribution in [3.63, 3.8) is 0 Å². The maximum absolute atomic E-state index is 13.6. The number of aromatic nitrogens is 6. The van der Waals surface area contributed by atoms with E-state index in [1.54, 1.807) is 0 Å². The molecule has 4 aromatic heterocycles. The highest BCUT2D eigenvalue weighted by molar-refractivity contribution is 6.29. The van der Waals surface area contributed by atoms with Gasteiger partial charge in [-0.2, -0.15) is 10.2 Å². The summed E-state index contributed by atoms with van der Waals surface area (Å²) in [6.07, 6.45) is 8.95. The van der Waals surface area contributed by atoms with Crippen LogP contribution < -0.4 is 10.9 Å². The Hall–Kier alpha value is -3.69. The van der Waals surface area contributed by atoms with Crippen molar-refractivity contribution in [1.29, 1.82) is 0 Å². The lowest BCUT2D eigenvalue weighted by molar-refractivity contribution is 0.212. The first-order valence-electron chi connectivity index (χ1n) is 14.1. The van der Waals surface area contributed by atoms with Crippen LogP contribution >= 0.6 is 11.6 Å². The Balaban J connectivity index is 1.29. The molecule has 6 heterocycles. The fraction of sp³-hybridized carbons (Fsp3) is 0.400. The van der Waals surface area contributed by atoms with Gasteiger partial charge in [-0.1, -0.05) is 17.7 Å². The van der Waals surface area contributed by atoms with Crippen LogP contribution in [0.25, 0.3) is 33.1 Å². The van der Waals surface area contributed by atoms with Gasteiger partial charge in [0.25, 0.3) is 5.56 Å². The van der Waals surface area contributed by atoms with Gasteiger partial charge in [0.05, 0.1) is 29.8 Å². The summed E-state index contributed by atoms with van der Waals surface area (Å²) in [7, 11) is 2.17. The van der Waals surface area contributed by atoms with Crippen LogP contribution in [0.5, 0.6) is 0 Å². The molecule has 2 aliphatic heterocycles. The molecule has 1 unspecified atom stereocenters. The summed E-state index contributed by atoms with van der Waals surface area (Å²) >= 11 is 6.39. The number of nitrogens with zero attached hydrogens (tertiary/aromatic N) is 7. The van der Waals surface area contributed by atoms with E-state index in [9.17, 15) is 4.79 Å². The molecule has 7 rings (SSSR count). The molecule has 1 N–H and O–H groups in total. The van der Waals surface area contributed by atoms with Gasteiger partial charge in [0.2, 0.25) is 0 Å². The van der Waals surface area contributed by atoms with E-state index in [1.165, 1.54) is 0 Å². The third-order valence-electron chi connectivity index (χ3n) is 8.51. The quantitative estimate of drug-likeness (QED) is 0.291. The number of fused-ring (bicyclic) bond motifs is 2. The van der Waals surface area contributed by atoms with Gasteiger partial charge in [-0.15, -0.1) is 0 Å². The van der Waals surface area contributed by atoms with E-state index in [2.05, 4.69) is 46.2 Å². The van der Waals surface area contributed by atoms with Crippen LogP contribution in [0.4, 0.5) is 5.69 Å². The number of benzene rings is 1. The monoisotopic (exact) mass is 556 g/mol. The van der Waals surface area contributed by atoms with Crippen molar-refractivity contribution in [2.24, 2.45) is 0 Å². The molecular weight excluding hydrogens is 524 g/mol. The number of hydrogen-bond acceptors (Lipinski definition) is 6. The Morgan fingerprint density at radius 3 is 2.70 bits per heavy atom. The van der Waals surface area contributed by atoms with Crippen LogP contribution in [0.1, 0.15) is 49.4 Å². The Morgan fingerprint density at radius 2 is 1.88 bits per heavy atom. The number of halogens is 1. The predicted molar refractivity (Wildman–Crippen MR) is 159 cm³/mol. The molecular formula is C30H33ClN8O. The standard InChI is InChI=1S/C30H33ClN8O/c1-18-13-22(27-23(14-18)30(40)37-9-4-10-38-29(37)24(27)16-33-38)19(2)34-25-5-6-26(31)35-28(25)20-15-32-39(17-20)21-7-11-36(3)12-8-21/h5-6,13-17,19,21,34H,4,7-12H2,1-3H3. The molecule has 10 heteroatoms. The van der Waals surface area contributed by atoms with Gasteiger partial charge in [0, 0.05) is 47.1 Å². The summed E-state index contributed by atoms with van der Waals surface area (Å²) in [6.45, 7) is 7.87. The second-order valence-corrected chi connectivity index (χ2v) is 11.7. The molecule has 0 aliphatic carbocycles. The lowest BCUT2D eigenvalue weighted by Gasteiger charge is -2.29. The van der Waals surface area contributed by atoms with Crippen LogP contribution in [0.2, 0.25) is 5.15 Å². The molecule has 40 heavy (non-hydrogen) atoms. The number of hydrogen-bond donors (Lipinski definition) is 1. The molecule has 0 radical (unpaired) electrons. The molecule has 1 aromatic carbocycles. The molecule has 0 spiro atoms. The Labute approximate surface area is 237 Å². The second-order valence-electron chi connectivity index (χ2n) is 11.3. The molecule has 1 atom stereocenters. The fourth-order valence-electron chi connectivity index (χ4n) is 6.46. The lowest BCUT2D eigenvalue weighted by atomic mass is 9.95. The van der Waals surface area contributed by atoms with E-state index < -0.39 is 0 Å². The number of rotatable bonds is 5. The van der Waals surface area contributed by atoms with Gasteiger partial charge in [-0.25, -0.2) is 9.67 Å². The topological polar surface area (TPSA) is 85.8 Å². The van der Waals surface area contributed by atoms with Crippen molar-refractivity contribution in [2.75, 3.05) is 25.5 Å². The normalized spacial score (nSPS) is 17.1. The number of anilines is 1. The number of likely N-dealkylation sites (tertiary alicyclic amines) is 1. The summed E-state index contributed by atoms with van der Waals surface area (Å²) < 4.78 is 5.93. The van der Waals surface area contributed by atoms with Crippen LogP contribution in [0, 0.1) is 6.92 Å². The fourth-order valence-corrected chi connectivity index (χ4v) is 6.61. The van der Waals surface area contributed by atoms with Crippen molar-refractivity contribution < 1.29 is 0 Å². The minimum Gasteiger partial charge on any atom is -0.377 e. The summed E-state index contributed by atoms with van der Waals surface area (Å²) in [5.74, 6) is 0. The van der Waals surface area contributed by atoms with E-state index in [1.807, 2.05) is 46.8 Å². The van der Waals surface area contributed by atoms with Gasteiger partial charge in [0.15, 0.2) is 0 Å². The maximum Gasteiger partial charge on any atom is 0.260 e. The third-order valence-corrected chi connectivity index (χ3v) is 8.72. The highest BCUT2D eigenvalue weighted by Crippen LogP contribution is 2.36. The first-order valence-corrected chi connectivity index (χ1v) is 14.4. The van der Waals surface area contributed by atoms with Crippen molar-refractivity contribution >= 4 is 39.1 Å². The minimum atomic E-state index is -0.113. The van der Waals surface area contributed by atoms with E-state index in [0.717, 1.165) is 95.3 Å². The highest BCUT2D eigenvalue weighted by atomic mass is 35.5. The van der Waals surface area contributed by atoms with Crippen LogP contribution in [-0.2, 0) is 13.1 Å². The van der Waals surface area contributed by atoms with E-state index in [-0.39, 0.29) is 11.6 Å². The Morgan fingerprint density at radius 1 is 1.05 bits per heavy atom. The Kier molecular flexibility index (Phi) is 6.16. The zero-order valence-corrected chi connectivity index (χ0v) is 23.8. The average Bonchev–Trinajstić information content (AvgIpc) is 3.61. The summed E-state index contributed by atoms with van der Waals surface area (Å²) in [4.78, 5) is 20.7. The summed E-state index contributed by atoms with van der Waals surface area (Å²) in [5, 5.41) is 16.2. The van der Waals surface area contributed by atoms with E-state index in [0.29, 0.717) is 11.2 Å². The van der Waals surface area contributed by atoms with Crippen molar-refractivity contribution in [3.8, 4) is 11.3 Å². The van der Waals surface area contributed by atoms with Gasteiger partial charge in [0.1, 0.15) is 10.8 Å². The number of pyridine rings is 2. The molecule has 1 saturated heterocycles. The molecule has 0 bridgehead atoms. The Bertz CT molecular complexity index is 1810. The first kappa shape index (κ1) is 25.3. The number of nitrogens with one attached hydrogen (secondary N) is 1. The highest BCUT2D eigenvalue weighted by Gasteiger charge is 2.24. The number of aryl methyl sites for hydroxylation is 3. The molecule has 0 amide bonds. The van der Waals surface area contributed by atoms with Crippen LogP contribution in [0.15, 0.2) is 47.7 Å². The van der Waals surface area contributed by atoms with Gasteiger partial charge < -0.3 is 10.2 Å². The van der Waals surface area contributed by atoms with Crippen LogP contribution in [-0.4, -0.2) is 54.1 Å². The smallest absolute Gasteiger partial charge is 0.260 e. The van der Waals surface area contributed by atoms with Crippen molar-refractivity contribution in [2.45, 2.75) is 58.3 Å². The van der Waals surface area contributed by atoms with Gasteiger partial charge >= 0.3 is 0 Å². The predicted octanol–water partition coefficient (Wildman–Crippen LogP) is 5.42. The molecule has 1 fully saturated rings. The van der Waals surface area contributed by atoms with E-state index in [4.69, 9.17) is 21.7 Å². The molecule has 5 aromatic rings. The summed E-state index contributed by atoms with van der Waals surface area (Å²) in [6, 6.07) is 8.24. The molecule has 2 aliphatic rings. The summed E-state index contributed by atoms with van der Waals surface area (Å²) in [5.41, 5.74) is 5.65. The minimum absolute atomic E-state index is 0.0521. The molecule has 9 nitrogen and oxygen atoms in total. The average molecular weight is 557 g/mol.